The number of rotatable bonds is 6. The highest BCUT2D eigenvalue weighted by atomic mass is 16.5. The quantitative estimate of drug-likeness (QED) is 0.761. The zero-order valence-electron chi connectivity index (χ0n) is 15.8. The Hall–Kier alpha value is -2.10. The topological polar surface area (TPSA) is 41.9 Å². The summed E-state index contributed by atoms with van der Waals surface area (Å²) in [6, 6.07) is 8.42. The molecule has 1 fully saturated rings. The number of carbonyl (C=O) groups excluding carboxylic acids is 1. The average Bonchev–Trinajstić information content (AvgIpc) is 3.38. The first-order valence-electron chi connectivity index (χ1n) is 9.95. The van der Waals surface area contributed by atoms with E-state index in [9.17, 15) is 4.79 Å². The molecule has 1 unspecified atom stereocenters. The van der Waals surface area contributed by atoms with Gasteiger partial charge in [0.05, 0.1) is 12.6 Å². The van der Waals surface area contributed by atoms with E-state index in [-0.39, 0.29) is 12.0 Å². The van der Waals surface area contributed by atoms with Gasteiger partial charge in [-0.1, -0.05) is 6.92 Å². The molecule has 0 aromatic heterocycles. The molecule has 1 aliphatic heterocycles. The van der Waals surface area contributed by atoms with Gasteiger partial charge >= 0.3 is 0 Å². The molecule has 1 heterocycles. The van der Waals surface area contributed by atoms with E-state index >= 15 is 0 Å². The molecule has 4 heteroatoms. The fraction of sp³-hybridized carbons (Fsp3) is 0.545. The Morgan fingerprint density at radius 3 is 2.69 bits per heavy atom. The minimum Gasteiger partial charge on any atom is -0.491 e. The first-order valence-corrected chi connectivity index (χ1v) is 9.95. The van der Waals surface area contributed by atoms with Crippen molar-refractivity contribution in [3.63, 3.8) is 0 Å². The molecule has 1 amide bonds. The predicted molar refractivity (Wildman–Crippen MR) is 104 cm³/mol. The van der Waals surface area contributed by atoms with Crippen LogP contribution in [0.5, 0.6) is 5.75 Å². The largest absolute Gasteiger partial charge is 0.491 e. The molecule has 0 spiro atoms. The van der Waals surface area contributed by atoms with Crippen LogP contribution in [0.1, 0.15) is 62.7 Å². The van der Waals surface area contributed by atoms with Crippen LogP contribution in [0.15, 0.2) is 40.4 Å². The van der Waals surface area contributed by atoms with E-state index in [2.05, 4.69) is 23.7 Å². The lowest BCUT2D eigenvalue weighted by Gasteiger charge is -2.35. The van der Waals surface area contributed by atoms with Crippen LogP contribution in [-0.2, 0) is 0 Å². The number of carbonyl (C=O) groups is 1. The molecule has 0 bridgehead atoms. The summed E-state index contributed by atoms with van der Waals surface area (Å²) in [5.41, 5.74) is 3.63. The number of amides is 1. The van der Waals surface area contributed by atoms with Gasteiger partial charge in [0, 0.05) is 23.9 Å². The van der Waals surface area contributed by atoms with E-state index < -0.39 is 0 Å². The van der Waals surface area contributed by atoms with E-state index in [1.165, 1.54) is 11.1 Å². The third kappa shape index (κ3) is 3.55. The zero-order chi connectivity index (χ0) is 18.1. The molecular formula is C22H28N2O2. The van der Waals surface area contributed by atoms with Crippen LogP contribution in [0, 0.1) is 0 Å². The highest BCUT2D eigenvalue weighted by molar-refractivity contribution is 5.95. The molecule has 1 aromatic carbocycles. The van der Waals surface area contributed by atoms with Gasteiger partial charge in [-0.25, -0.2) is 0 Å². The third-order valence-electron chi connectivity index (χ3n) is 5.80. The van der Waals surface area contributed by atoms with E-state index in [1.807, 2.05) is 30.5 Å². The maximum absolute atomic E-state index is 13.2. The van der Waals surface area contributed by atoms with Gasteiger partial charge in [0.2, 0.25) is 0 Å². The summed E-state index contributed by atoms with van der Waals surface area (Å²) in [6.07, 6.45) is 8.58. The molecular weight excluding hydrogens is 324 g/mol. The van der Waals surface area contributed by atoms with Crippen molar-refractivity contribution in [3.8, 4) is 5.75 Å². The molecule has 26 heavy (non-hydrogen) atoms. The monoisotopic (exact) mass is 352 g/mol. The summed E-state index contributed by atoms with van der Waals surface area (Å²) in [5, 5.41) is 0. The van der Waals surface area contributed by atoms with Crippen molar-refractivity contribution in [1.82, 2.24) is 4.90 Å². The molecule has 1 aromatic rings. The van der Waals surface area contributed by atoms with Gasteiger partial charge in [-0.15, -0.1) is 0 Å². The first kappa shape index (κ1) is 17.3. The van der Waals surface area contributed by atoms with Crippen molar-refractivity contribution < 1.29 is 9.53 Å². The lowest BCUT2D eigenvalue weighted by Crippen LogP contribution is -2.43. The first-order chi connectivity index (χ1) is 12.7. The van der Waals surface area contributed by atoms with Gasteiger partial charge in [0.1, 0.15) is 5.75 Å². The SMILES string of the molecule is CC[C@@H](C)Oc1ccc(C(=O)N(C2CC2)C2CCC3=C(C=NC3)C2)cc1. The summed E-state index contributed by atoms with van der Waals surface area (Å²) >= 11 is 0. The summed E-state index contributed by atoms with van der Waals surface area (Å²) < 4.78 is 5.84. The maximum atomic E-state index is 13.2. The molecule has 0 saturated heterocycles. The van der Waals surface area contributed by atoms with E-state index in [0.717, 1.165) is 56.4 Å². The molecule has 0 N–H and O–H groups in total. The molecule has 2 aliphatic carbocycles. The van der Waals surface area contributed by atoms with Gasteiger partial charge < -0.3 is 9.64 Å². The molecule has 3 aliphatic rings. The van der Waals surface area contributed by atoms with Gasteiger partial charge in [-0.05, 0) is 80.9 Å². The van der Waals surface area contributed by atoms with Gasteiger partial charge in [0.25, 0.3) is 5.91 Å². The number of hydrogen-bond acceptors (Lipinski definition) is 3. The van der Waals surface area contributed by atoms with Gasteiger partial charge in [-0.3, -0.25) is 9.79 Å². The van der Waals surface area contributed by atoms with E-state index in [0.29, 0.717) is 12.1 Å². The number of benzene rings is 1. The van der Waals surface area contributed by atoms with Crippen LogP contribution >= 0.6 is 0 Å². The maximum Gasteiger partial charge on any atom is 0.254 e. The highest BCUT2D eigenvalue weighted by Crippen LogP contribution is 2.37. The van der Waals surface area contributed by atoms with Gasteiger partial charge in [-0.2, -0.15) is 0 Å². The summed E-state index contributed by atoms with van der Waals surface area (Å²) in [5.74, 6) is 1.01. The summed E-state index contributed by atoms with van der Waals surface area (Å²) in [6.45, 7) is 5.04. The molecule has 138 valence electrons. The van der Waals surface area contributed by atoms with Crippen molar-refractivity contribution in [2.45, 2.75) is 70.6 Å². The van der Waals surface area contributed by atoms with Crippen LogP contribution in [0.2, 0.25) is 0 Å². The van der Waals surface area contributed by atoms with Crippen molar-refractivity contribution in [2.24, 2.45) is 4.99 Å². The summed E-state index contributed by atoms with van der Waals surface area (Å²) in [7, 11) is 0. The number of nitrogens with zero attached hydrogens (tertiary/aromatic N) is 2. The van der Waals surface area contributed by atoms with Crippen molar-refractivity contribution in [3.05, 3.63) is 41.0 Å². The van der Waals surface area contributed by atoms with E-state index in [1.54, 1.807) is 0 Å². The lowest BCUT2D eigenvalue weighted by atomic mass is 9.88. The molecule has 4 rings (SSSR count). The Labute approximate surface area is 155 Å². The third-order valence-corrected chi connectivity index (χ3v) is 5.80. The minimum absolute atomic E-state index is 0.173. The van der Waals surface area contributed by atoms with Crippen molar-refractivity contribution >= 4 is 12.1 Å². The van der Waals surface area contributed by atoms with Crippen LogP contribution in [-0.4, -0.2) is 41.8 Å². The second-order valence-corrected chi connectivity index (χ2v) is 7.80. The van der Waals surface area contributed by atoms with Gasteiger partial charge in [0.15, 0.2) is 0 Å². The number of ether oxygens (including phenoxy) is 1. The Morgan fingerprint density at radius 2 is 2.00 bits per heavy atom. The Morgan fingerprint density at radius 1 is 1.23 bits per heavy atom. The second kappa shape index (κ2) is 7.26. The Balaban J connectivity index is 1.48. The second-order valence-electron chi connectivity index (χ2n) is 7.80. The smallest absolute Gasteiger partial charge is 0.254 e. The lowest BCUT2D eigenvalue weighted by molar-refractivity contribution is 0.0645. The standard InChI is InChI=1S/C22H28N2O2/c1-3-15(2)26-21-10-5-16(6-11-21)22(25)24(19-8-9-19)20-7-4-17-13-23-14-18(17)12-20/h5-6,10-11,14-15,19-20H,3-4,7-9,12-13H2,1-2H3/t15-,20?/m1/s1. The Bertz CT molecular complexity index is 731. The fourth-order valence-electron chi connectivity index (χ4n) is 3.95. The van der Waals surface area contributed by atoms with E-state index in [4.69, 9.17) is 4.74 Å². The van der Waals surface area contributed by atoms with Crippen LogP contribution in [0.25, 0.3) is 0 Å². The molecule has 4 nitrogen and oxygen atoms in total. The number of aliphatic imine (C=N–C) groups is 1. The predicted octanol–water partition coefficient (Wildman–Crippen LogP) is 4.40. The normalized spacial score (nSPS) is 22.9. The van der Waals surface area contributed by atoms with Crippen molar-refractivity contribution in [1.29, 1.82) is 0 Å². The van der Waals surface area contributed by atoms with Crippen molar-refractivity contribution in [2.75, 3.05) is 6.54 Å². The van der Waals surface area contributed by atoms with Crippen LogP contribution in [0.4, 0.5) is 0 Å². The molecule has 0 radical (unpaired) electrons. The Kier molecular flexibility index (Phi) is 4.84. The van der Waals surface area contributed by atoms with Crippen LogP contribution in [0.3, 0.4) is 0 Å². The minimum atomic E-state index is 0.173. The fourth-order valence-corrected chi connectivity index (χ4v) is 3.95. The average molecular weight is 352 g/mol. The molecule has 2 atom stereocenters. The number of hydrogen-bond donors (Lipinski definition) is 0. The zero-order valence-corrected chi connectivity index (χ0v) is 15.8. The van der Waals surface area contributed by atoms with Crippen LogP contribution < -0.4 is 4.74 Å². The highest BCUT2D eigenvalue weighted by Gasteiger charge is 2.39. The summed E-state index contributed by atoms with van der Waals surface area (Å²) in [4.78, 5) is 19.8. The molecule has 1 saturated carbocycles.